The largest absolute Gasteiger partial charge is 0.336 e. The summed E-state index contributed by atoms with van der Waals surface area (Å²) >= 11 is 12.5. The normalized spacial score (nSPS) is 14.9. The molecule has 0 unspecified atom stereocenters. The van der Waals surface area contributed by atoms with Gasteiger partial charge in [0.25, 0.3) is 5.91 Å². The third kappa shape index (κ3) is 6.16. The van der Waals surface area contributed by atoms with Crippen molar-refractivity contribution < 1.29 is 21.6 Å². The summed E-state index contributed by atoms with van der Waals surface area (Å²) in [6, 6.07) is 17.8. The highest BCUT2D eigenvalue weighted by molar-refractivity contribution is 7.92. The van der Waals surface area contributed by atoms with Gasteiger partial charge in [-0.1, -0.05) is 47.0 Å². The van der Waals surface area contributed by atoms with Gasteiger partial charge in [0.15, 0.2) is 0 Å². The molecule has 38 heavy (non-hydrogen) atoms. The fourth-order valence-electron chi connectivity index (χ4n) is 4.17. The number of carbonyl (C=O) groups is 1. The zero-order valence-electron chi connectivity index (χ0n) is 20.8. The van der Waals surface area contributed by atoms with Crippen molar-refractivity contribution in [2.24, 2.45) is 0 Å². The Morgan fingerprint density at radius 2 is 1.39 bits per heavy atom. The summed E-state index contributed by atoms with van der Waals surface area (Å²) in [4.78, 5) is 14.9. The molecule has 0 spiro atoms. The quantitative estimate of drug-likeness (QED) is 0.403. The van der Waals surface area contributed by atoms with Crippen LogP contribution in [0.4, 0.5) is 5.69 Å². The predicted molar refractivity (Wildman–Crippen MR) is 150 cm³/mol. The second-order valence-corrected chi connectivity index (χ2v) is 13.7. The van der Waals surface area contributed by atoms with Crippen LogP contribution < -0.4 is 4.31 Å². The highest BCUT2D eigenvalue weighted by atomic mass is 35.5. The minimum atomic E-state index is -3.69. The van der Waals surface area contributed by atoms with Crippen LogP contribution in [0.2, 0.25) is 10.0 Å². The Hall–Kier alpha value is -2.63. The number of hydrogen-bond acceptors (Lipinski definition) is 5. The number of nitrogens with zero attached hydrogens (tertiary/aromatic N) is 3. The lowest BCUT2D eigenvalue weighted by Crippen LogP contribution is -2.50. The number of sulfonamides is 2. The summed E-state index contributed by atoms with van der Waals surface area (Å²) in [5.74, 6) is -0.260. The number of rotatable bonds is 7. The molecule has 3 aromatic rings. The van der Waals surface area contributed by atoms with E-state index in [1.54, 1.807) is 71.6 Å². The van der Waals surface area contributed by atoms with E-state index in [-0.39, 0.29) is 43.5 Å². The molecule has 0 radical (unpaired) electrons. The topological polar surface area (TPSA) is 95.1 Å². The lowest BCUT2D eigenvalue weighted by atomic mass is 10.1. The van der Waals surface area contributed by atoms with Crippen LogP contribution in [0, 0.1) is 6.92 Å². The highest BCUT2D eigenvalue weighted by Gasteiger charge is 2.30. The van der Waals surface area contributed by atoms with Gasteiger partial charge in [0.05, 0.1) is 23.4 Å². The maximum Gasteiger partial charge on any atom is 0.253 e. The van der Waals surface area contributed by atoms with Gasteiger partial charge in [-0.25, -0.2) is 16.8 Å². The third-order valence-electron chi connectivity index (χ3n) is 6.35. The molecule has 202 valence electrons. The molecule has 1 fully saturated rings. The van der Waals surface area contributed by atoms with Gasteiger partial charge in [0.1, 0.15) is 0 Å². The molecular weight excluding hydrogens is 569 g/mol. The molecule has 1 aliphatic heterocycles. The summed E-state index contributed by atoms with van der Waals surface area (Å²) < 4.78 is 53.6. The number of aryl methyl sites for hydroxylation is 1. The maximum absolute atomic E-state index is 13.1. The van der Waals surface area contributed by atoms with Crippen LogP contribution in [0.3, 0.4) is 0 Å². The minimum Gasteiger partial charge on any atom is -0.336 e. The monoisotopic (exact) mass is 595 g/mol. The second-order valence-electron chi connectivity index (χ2n) is 9.03. The number of halogens is 2. The Morgan fingerprint density at radius 3 is 1.92 bits per heavy atom. The van der Waals surface area contributed by atoms with Gasteiger partial charge < -0.3 is 4.90 Å². The summed E-state index contributed by atoms with van der Waals surface area (Å²) in [6.45, 7) is 2.67. The number of amides is 1. The lowest BCUT2D eigenvalue weighted by Gasteiger charge is -2.34. The Labute approximate surface area is 233 Å². The molecule has 1 aliphatic rings. The van der Waals surface area contributed by atoms with Crippen LogP contribution in [-0.4, -0.2) is 64.4 Å². The van der Waals surface area contributed by atoms with E-state index in [4.69, 9.17) is 23.2 Å². The van der Waals surface area contributed by atoms with Crippen LogP contribution >= 0.6 is 23.2 Å². The molecule has 1 heterocycles. The zero-order chi connectivity index (χ0) is 27.7. The average molecular weight is 597 g/mol. The Balaban J connectivity index is 1.46. The molecule has 0 aromatic heterocycles. The first-order valence-electron chi connectivity index (χ1n) is 11.7. The van der Waals surface area contributed by atoms with Gasteiger partial charge in [-0.2, -0.15) is 4.31 Å². The van der Waals surface area contributed by atoms with Crippen LogP contribution in [0.5, 0.6) is 0 Å². The van der Waals surface area contributed by atoms with Crippen LogP contribution in [0.1, 0.15) is 21.5 Å². The van der Waals surface area contributed by atoms with Crippen molar-refractivity contribution in [3.63, 3.8) is 0 Å². The summed E-state index contributed by atoms with van der Waals surface area (Å²) in [5.41, 5.74) is 2.17. The molecule has 4 rings (SSSR count). The fraction of sp³-hybridized carbons (Fsp3) is 0.269. The van der Waals surface area contributed by atoms with E-state index < -0.39 is 20.0 Å². The van der Waals surface area contributed by atoms with Crippen molar-refractivity contribution in [2.45, 2.75) is 18.4 Å². The van der Waals surface area contributed by atoms with Crippen molar-refractivity contribution in [3.05, 3.63) is 93.5 Å². The second kappa shape index (κ2) is 11.2. The molecule has 0 saturated carbocycles. The Bertz CT molecular complexity index is 1520. The first-order chi connectivity index (χ1) is 17.9. The van der Waals surface area contributed by atoms with Crippen molar-refractivity contribution in [3.8, 4) is 0 Å². The minimum absolute atomic E-state index is 0.0674. The zero-order valence-corrected chi connectivity index (χ0v) is 24.0. The van der Waals surface area contributed by atoms with Gasteiger partial charge in [0, 0.05) is 47.4 Å². The van der Waals surface area contributed by atoms with Crippen molar-refractivity contribution in [2.75, 3.05) is 36.7 Å². The smallest absolute Gasteiger partial charge is 0.253 e. The van der Waals surface area contributed by atoms with E-state index >= 15 is 0 Å². The summed E-state index contributed by atoms with van der Waals surface area (Å²) in [6.07, 6.45) is 1.08. The molecule has 0 N–H and O–H groups in total. The Morgan fingerprint density at radius 1 is 0.842 bits per heavy atom. The summed E-state index contributed by atoms with van der Waals surface area (Å²) in [5, 5.41) is 0.697. The number of carbonyl (C=O) groups excluding carboxylic acids is 1. The lowest BCUT2D eigenvalue weighted by molar-refractivity contribution is 0.0698. The standard InChI is InChI=1S/C26H27Cl2N3O5S2/c1-19-6-12-22(13-7-19)38(35,36)30-16-14-29(15-17-30)26(32)20-8-10-21(11-9-20)31(37(2,33)34)18-23-24(27)4-3-5-25(23)28/h3-13H,14-18H2,1-2H3. The fourth-order valence-corrected chi connectivity index (χ4v) is 6.98. The third-order valence-corrected chi connectivity index (χ3v) is 10.1. The van der Waals surface area contributed by atoms with E-state index in [1.807, 2.05) is 6.92 Å². The molecule has 3 aromatic carbocycles. The number of benzene rings is 3. The number of hydrogen-bond donors (Lipinski definition) is 0. The first kappa shape index (κ1) is 28.4. The van der Waals surface area contributed by atoms with Gasteiger partial charge in [-0.05, 0) is 55.5 Å². The molecule has 0 bridgehead atoms. The van der Waals surface area contributed by atoms with Crippen molar-refractivity contribution in [1.29, 1.82) is 0 Å². The first-order valence-corrected chi connectivity index (χ1v) is 15.8. The van der Waals surface area contributed by atoms with Gasteiger partial charge in [-0.3, -0.25) is 9.10 Å². The van der Waals surface area contributed by atoms with E-state index in [2.05, 4.69) is 0 Å². The van der Waals surface area contributed by atoms with E-state index in [9.17, 15) is 21.6 Å². The molecule has 0 atom stereocenters. The van der Waals surface area contributed by atoms with Crippen molar-refractivity contribution in [1.82, 2.24) is 9.21 Å². The maximum atomic E-state index is 13.1. The SMILES string of the molecule is Cc1ccc(S(=O)(=O)N2CCN(C(=O)c3ccc(N(Cc4c(Cl)cccc4Cl)S(C)(=O)=O)cc3)CC2)cc1. The molecular formula is C26H27Cl2N3O5S2. The molecule has 1 amide bonds. The summed E-state index contributed by atoms with van der Waals surface area (Å²) in [7, 11) is -7.33. The predicted octanol–water partition coefficient (Wildman–Crippen LogP) is 4.41. The van der Waals surface area contributed by atoms with Crippen LogP contribution in [-0.2, 0) is 26.6 Å². The molecule has 1 saturated heterocycles. The average Bonchev–Trinajstić information content (AvgIpc) is 2.88. The van der Waals surface area contributed by atoms with Crippen LogP contribution in [0.25, 0.3) is 0 Å². The van der Waals surface area contributed by atoms with Gasteiger partial charge in [0.2, 0.25) is 20.0 Å². The molecule has 8 nitrogen and oxygen atoms in total. The van der Waals surface area contributed by atoms with E-state index in [1.165, 1.54) is 8.61 Å². The van der Waals surface area contributed by atoms with Gasteiger partial charge in [-0.15, -0.1) is 0 Å². The Kier molecular flexibility index (Phi) is 8.39. The molecule has 12 heteroatoms. The molecule has 0 aliphatic carbocycles. The highest BCUT2D eigenvalue weighted by Crippen LogP contribution is 2.29. The van der Waals surface area contributed by atoms with Gasteiger partial charge >= 0.3 is 0 Å². The number of anilines is 1. The number of piperazine rings is 1. The van der Waals surface area contributed by atoms with E-state index in [0.29, 0.717) is 26.9 Å². The van der Waals surface area contributed by atoms with E-state index in [0.717, 1.165) is 11.8 Å². The van der Waals surface area contributed by atoms with Crippen LogP contribution in [0.15, 0.2) is 71.6 Å². The van der Waals surface area contributed by atoms with Crippen molar-refractivity contribution >= 4 is 54.8 Å².